The predicted molar refractivity (Wildman–Crippen MR) is 75.8 cm³/mol. The molecule has 0 radical (unpaired) electrons. The van der Waals surface area contributed by atoms with Gasteiger partial charge in [0, 0.05) is 26.2 Å². The molecule has 3 nitrogen and oxygen atoms in total. The molecule has 1 heterocycles. The van der Waals surface area contributed by atoms with Crippen LogP contribution in [-0.4, -0.2) is 43.8 Å². The monoisotopic (exact) mass is 264 g/mol. The summed E-state index contributed by atoms with van der Waals surface area (Å²) >= 11 is 0. The molecule has 1 fully saturated rings. The molecule has 4 heteroatoms. The maximum Gasteiger partial charge on any atom is 0.0599 e. The largest absolute Gasteiger partial charge is 0.381 e. The van der Waals surface area contributed by atoms with Crippen LogP contribution in [0.1, 0.15) is 40.0 Å². The molecule has 1 rings (SSSR count). The lowest BCUT2D eigenvalue weighted by Crippen LogP contribution is -2.49. The molecular formula is C13H29ClN2O. The van der Waals surface area contributed by atoms with Crippen LogP contribution in [0.15, 0.2) is 0 Å². The lowest BCUT2D eigenvalue weighted by Gasteiger charge is -2.39. The van der Waals surface area contributed by atoms with E-state index in [2.05, 4.69) is 25.7 Å². The zero-order valence-electron chi connectivity index (χ0n) is 11.7. The maximum atomic E-state index is 5.85. The van der Waals surface area contributed by atoms with Crippen LogP contribution in [-0.2, 0) is 4.74 Å². The lowest BCUT2D eigenvalue weighted by molar-refractivity contribution is 0.0101. The number of halogens is 1. The summed E-state index contributed by atoms with van der Waals surface area (Å²) in [4.78, 5) is 2.54. The van der Waals surface area contributed by atoms with Crippen LogP contribution >= 0.6 is 12.4 Å². The Labute approximate surface area is 112 Å². The van der Waals surface area contributed by atoms with Gasteiger partial charge in [0.25, 0.3) is 0 Å². The second-order valence-electron chi connectivity index (χ2n) is 6.12. The summed E-state index contributed by atoms with van der Waals surface area (Å²) in [5.41, 5.74) is 6.27. The van der Waals surface area contributed by atoms with E-state index in [1.54, 1.807) is 0 Å². The van der Waals surface area contributed by atoms with Gasteiger partial charge in [0.1, 0.15) is 0 Å². The summed E-state index contributed by atoms with van der Waals surface area (Å²) in [5, 5.41) is 0. The van der Waals surface area contributed by atoms with Crippen LogP contribution in [0.4, 0.5) is 0 Å². The number of nitrogens with two attached hydrogens (primary N) is 1. The van der Waals surface area contributed by atoms with E-state index in [0.29, 0.717) is 17.6 Å². The highest BCUT2D eigenvalue weighted by Gasteiger charge is 2.27. The van der Waals surface area contributed by atoms with Gasteiger partial charge in [-0.1, -0.05) is 20.8 Å². The van der Waals surface area contributed by atoms with Gasteiger partial charge in [0.2, 0.25) is 0 Å². The fraction of sp³-hybridized carbons (Fsp3) is 1.00. The third kappa shape index (κ3) is 6.05. The molecule has 0 aliphatic carbocycles. The minimum Gasteiger partial charge on any atom is -0.381 e. The molecule has 0 aromatic rings. The molecule has 104 valence electrons. The number of piperidine rings is 1. The van der Waals surface area contributed by atoms with Crippen molar-refractivity contribution in [2.75, 3.05) is 26.7 Å². The highest BCUT2D eigenvalue weighted by atomic mass is 35.5. The van der Waals surface area contributed by atoms with Crippen LogP contribution in [0, 0.1) is 5.41 Å². The van der Waals surface area contributed by atoms with Crippen molar-refractivity contribution in [3.05, 3.63) is 0 Å². The Bertz CT molecular complexity index is 206. The zero-order valence-corrected chi connectivity index (χ0v) is 12.6. The van der Waals surface area contributed by atoms with E-state index in [1.165, 1.54) is 13.0 Å². The van der Waals surface area contributed by atoms with Gasteiger partial charge in [0.05, 0.1) is 6.10 Å². The SMILES string of the molecule is COC1CCN(CCC(C)(C)C)C(CN)C1.Cl. The average Bonchev–Trinajstić information content (AvgIpc) is 2.25. The van der Waals surface area contributed by atoms with Crippen LogP contribution in [0.5, 0.6) is 0 Å². The molecule has 1 aliphatic heterocycles. The first-order valence-corrected chi connectivity index (χ1v) is 6.43. The first-order chi connectivity index (χ1) is 7.46. The second kappa shape index (κ2) is 7.57. The van der Waals surface area contributed by atoms with Crippen LogP contribution < -0.4 is 5.73 Å². The third-order valence-electron chi connectivity index (χ3n) is 3.54. The Morgan fingerprint density at radius 3 is 2.47 bits per heavy atom. The first-order valence-electron chi connectivity index (χ1n) is 6.43. The molecule has 1 saturated heterocycles. The van der Waals surface area contributed by atoms with Gasteiger partial charge in [-0.3, -0.25) is 4.90 Å². The van der Waals surface area contributed by atoms with Crippen molar-refractivity contribution in [2.24, 2.45) is 11.1 Å². The Morgan fingerprint density at radius 1 is 1.35 bits per heavy atom. The molecule has 0 aromatic carbocycles. The predicted octanol–water partition coefficient (Wildman–Crippen LogP) is 2.28. The molecule has 2 unspecified atom stereocenters. The Kier molecular flexibility index (Phi) is 7.65. The zero-order chi connectivity index (χ0) is 12.2. The van der Waals surface area contributed by atoms with Gasteiger partial charge in [0.15, 0.2) is 0 Å². The highest BCUT2D eigenvalue weighted by molar-refractivity contribution is 5.85. The fourth-order valence-corrected chi connectivity index (χ4v) is 2.30. The van der Waals surface area contributed by atoms with E-state index >= 15 is 0 Å². The number of hydrogen-bond acceptors (Lipinski definition) is 3. The van der Waals surface area contributed by atoms with E-state index in [9.17, 15) is 0 Å². The Balaban J connectivity index is 0.00000256. The quantitative estimate of drug-likeness (QED) is 0.847. The van der Waals surface area contributed by atoms with E-state index in [0.717, 1.165) is 25.9 Å². The molecule has 2 atom stereocenters. The Hall–Kier alpha value is 0.170. The van der Waals surface area contributed by atoms with Gasteiger partial charge in [-0.05, 0) is 31.2 Å². The number of hydrogen-bond donors (Lipinski definition) is 1. The molecule has 0 aromatic heterocycles. The smallest absolute Gasteiger partial charge is 0.0599 e. The van der Waals surface area contributed by atoms with Gasteiger partial charge in [-0.2, -0.15) is 0 Å². The van der Waals surface area contributed by atoms with Crippen LogP contribution in [0.3, 0.4) is 0 Å². The summed E-state index contributed by atoms with van der Waals surface area (Å²) in [5.74, 6) is 0. The normalized spacial score (nSPS) is 26.6. The minimum absolute atomic E-state index is 0. The summed E-state index contributed by atoms with van der Waals surface area (Å²) in [6, 6.07) is 0.515. The summed E-state index contributed by atoms with van der Waals surface area (Å²) in [6.07, 6.45) is 3.90. The first kappa shape index (κ1) is 17.2. The van der Waals surface area contributed by atoms with Crippen molar-refractivity contribution in [3.63, 3.8) is 0 Å². The van der Waals surface area contributed by atoms with Crippen molar-refractivity contribution in [1.29, 1.82) is 0 Å². The van der Waals surface area contributed by atoms with E-state index in [-0.39, 0.29) is 12.4 Å². The van der Waals surface area contributed by atoms with E-state index in [1.807, 2.05) is 7.11 Å². The van der Waals surface area contributed by atoms with Crippen molar-refractivity contribution in [1.82, 2.24) is 4.90 Å². The number of rotatable bonds is 4. The Morgan fingerprint density at radius 2 is 2.00 bits per heavy atom. The van der Waals surface area contributed by atoms with Gasteiger partial charge in [-0.25, -0.2) is 0 Å². The molecule has 2 N–H and O–H groups in total. The molecule has 0 saturated carbocycles. The highest BCUT2D eigenvalue weighted by Crippen LogP contribution is 2.23. The van der Waals surface area contributed by atoms with E-state index < -0.39 is 0 Å². The van der Waals surface area contributed by atoms with Gasteiger partial charge < -0.3 is 10.5 Å². The number of likely N-dealkylation sites (tertiary alicyclic amines) is 1. The maximum absolute atomic E-state index is 5.85. The van der Waals surface area contributed by atoms with Gasteiger partial charge >= 0.3 is 0 Å². The molecule has 17 heavy (non-hydrogen) atoms. The average molecular weight is 265 g/mol. The summed E-state index contributed by atoms with van der Waals surface area (Å²) < 4.78 is 5.43. The second-order valence-corrected chi connectivity index (χ2v) is 6.12. The molecule has 1 aliphatic rings. The van der Waals surface area contributed by atoms with Gasteiger partial charge in [-0.15, -0.1) is 12.4 Å². The lowest BCUT2D eigenvalue weighted by atomic mass is 9.90. The topological polar surface area (TPSA) is 38.5 Å². The third-order valence-corrected chi connectivity index (χ3v) is 3.54. The number of ether oxygens (including phenoxy) is 1. The molecule has 0 bridgehead atoms. The molecule has 0 spiro atoms. The standard InChI is InChI=1S/C13H28N2O.ClH/c1-13(2,3)6-8-15-7-5-12(16-4)9-11(15)10-14;/h11-12H,5-10,14H2,1-4H3;1H. The van der Waals surface area contributed by atoms with Crippen LogP contribution in [0.2, 0.25) is 0 Å². The molecule has 0 amide bonds. The van der Waals surface area contributed by atoms with Crippen molar-refractivity contribution < 1.29 is 4.74 Å². The number of nitrogens with zero attached hydrogens (tertiary/aromatic N) is 1. The fourth-order valence-electron chi connectivity index (χ4n) is 2.30. The summed E-state index contributed by atoms with van der Waals surface area (Å²) in [6.45, 7) is 9.95. The number of methoxy groups -OCH3 is 1. The van der Waals surface area contributed by atoms with Crippen molar-refractivity contribution in [2.45, 2.75) is 52.2 Å². The van der Waals surface area contributed by atoms with Crippen molar-refractivity contribution in [3.8, 4) is 0 Å². The minimum atomic E-state index is 0. The van der Waals surface area contributed by atoms with Crippen molar-refractivity contribution >= 4 is 12.4 Å². The summed E-state index contributed by atoms with van der Waals surface area (Å²) in [7, 11) is 1.81. The van der Waals surface area contributed by atoms with Crippen LogP contribution in [0.25, 0.3) is 0 Å². The molecular weight excluding hydrogens is 236 g/mol. The van der Waals surface area contributed by atoms with E-state index in [4.69, 9.17) is 10.5 Å².